The summed E-state index contributed by atoms with van der Waals surface area (Å²) in [5.41, 5.74) is 3.54. The number of nitrogens with zero attached hydrogens (tertiary/aromatic N) is 2. The number of carbonyl (C=O) groups is 4. The molecule has 34 heavy (non-hydrogen) atoms. The van der Waals surface area contributed by atoms with E-state index in [9.17, 15) is 24.3 Å². The summed E-state index contributed by atoms with van der Waals surface area (Å²) >= 11 is 0. The van der Waals surface area contributed by atoms with Gasteiger partial charge in [0.1, 0.15) is 11.4 Å². The molecule has 0 spiro atoms. The fourth-order valence-electron chi connectivity index (χ4n) is 3.46. The van der Waals surface area contributed by atoms with Crippen LogP contribution in [0.3, 0.4) is 0 Å². The highest BCUT2D eigenvalue weighted by Gasteiger charge is 2.44. The summed E-state index contributed by atoms with van der Waals surface area (Å²) in [5.74, 6) is -4.57. The molecular weight excluding hydrogens is 438 g/mol. The number of primary amides is 1. The highest BCUT2D eigenvalue weighted by Crippen LogP contribution is 2.16. The molecular formula is C24H19N5O5. The van der Waals surface area contributed by atoms with E-state index in [0.29, 0.717) is 11.0 Å². The van der Waals surface area contributed by atoms with Gasteiger partial charge in [-0.05, 0) is 24.3 Å². The number of carboxylic acids is 1. The second-order valence-corrected chi connectivity index (χ2v) is 7.54. The maximum absolute atomic E-state index is 12.9. The van der Waals surface area contributed by atoms with Gasteiger partial charge in [-0.25, -0.2) is 14.8 Å². The van der Waals surface area contributed by atoms with Crippen molar-refractivity contribution in [1.29, 1.82) is 0 Å². The summed E-state index contributed by atoms with van der Waals surface area (Å²) < 4.78 is 0. The van der Waals surface area contributed by atoms with Crippen LogP contribution in [-0.2, 0) is 9.59 Å². The number of benzene rings is 2. The van der Waals surface area contributed by atoms with Crippen LogP contribution in [0.5, 0.6) is 0 Å². The van der Waals surface area contributed by atoms with Crippen molar-refractivity contribution in [2.24, 2.45) is 5.73 Å². The Hall–Kier alpha value is -4.86. The lowest BCUT2D eigenvalue weighted by atomic mass is 10.0. The largest absolute Gasteiger partial charge is 0.478 e. The lowest BCUT2D eigenvalue weighted by molar-refractivity contribution is -0.147. The summed E-state index contributed by atoms with van der Waals surface area (Å²) in [4.78, 5) is 58.3. The number of nitrogens with one attached hydrogen (secondary N) is 2. The maximum Gasteiger partial charge on any atom is 0.351 e. The number of para-hydroxylation sites is 2. The number of aliphatic carboxylic acids is 1. The maximum atomic E-state index is 12.9. The lowest BCUT2D eigenvalue weighted by Crippen LogP contribution is -2.67. The third-order valence-corrected chi connectivity index (χ3v) is 5.12. The number of nitrogens with two attached hydrogens (primary N) is 1. The van der Waals surface area contributed by atoms with E-state index in [1.54, 1.807) is 48.5 Å². The van der Waals surface area contributed by atoms with E-state index in [1.807, 2.05) is 12.1 Å². The summed E-state index contributed by atoms with van der Waals surface area (Å²) in [6, 6.07) is 20.2. The minimum Gasteiger partial charge on any atom is -0.478 e. The number of rotatable bonds is 7. The normalized spacial score (nSPS) is 11.2. The van der Waals surface area contributed by atoms with E-state index in [4.69, 9.17) is 5.73 Å². The number of aromatic nitrogens is 2. The van der Waals surface area contributed by atoms with Gasteiger partial charge in [-0.3, -0.25) is 14.4 Å². The van der Waals surface area contributed by atoms with Crippen LogP contribution in [0.1, 0.15) is 27.4 Å². The average Bonchev–Trinajstić information content (AvgIpc) is 2.82. The molecule has 5 N–H and O–H groups in total. The summed E-state index contributed by atoms with van der Waals surface area (Å²) in [7, 11) is 0. The molecule has 10 heteroatoms. The molecule has 0 aliphatic rings. The van der Waals surface area contributed by atoms with Gasteiger partial charge in [0.05, 0.1) is 17.5 Å². The van der Waals surface area contributed by atoms with Crippen LogP contribution in [0.2, 0.25) is 0 Å². The van der Waals surface area contributed by atoms with E-state index in [-0.39, 0.29) is 11.4 Å². The van der Waals surface area contributed by atoms with Gasteiger partial charge in [0.2, 0.25) is 11.6 Å². The molecule has 0 saturated heterocycles. The number of hydrogen-bond donors (Lipinski definition) is 4. The molecule has 170 valence electrons. The summed E-state index contributed by atoms with van der Waals surface area (Å²) in [5, 5.41) is 15.9. The quantitative estimate of drug-likeness (QED) is 0.306. The Kier molecular flexibility index (Phi) is 5.88. The number of carbonyl (C=O) groups excluding carboxylic acids is 3. The van der Waals surface area contributed by atoms with Gasteiger partial charge in [0.25, 0.3) is 11.8 Å². The zero-order valence-corrected chi connectivity index (χ0v) is 17.7. The van der Waals surface area contributed by atoms with Crippen LogP contribution in [0, 0.1) is 0 Å². The first kappa shape index (κ1) is 22.3. The topological polar surface area (TPSA) is 164 Å². The molecule has 3 amide bonds. The van der Waals surface area contributed by atoms with Gasteiger partial charge < -0.3 is 21.5 Å². The van der Waals surface area contributed by atoms with E-state index >= 15 is 0 Å². The first-order valence-electron chi connectivity index (χ1n) is 10.2. The molecule has 4 aromatic rings. The van der Waals surface area contributed by atoms with Crippen LogP contribution >= 0.6 is 0 Å². The van der Waals surface area contributed by atoms with Crippen LogP contribution in [0.4, 0.5) is 0 Å². The molecule has 0 aliphatic heterocycles. The van der Waals surface area contributed by atoms with Crippen LogP contribution < -0.4 is 16.4 Å². The summed E-state index contributed by atoms with van der Waals surface area (Å²) in [6.07, 6.45) is -0.902. The highest BCUT2D eigenvalue weighted by molar-refractivity contribution is 6.03. The molecule has 2 aromatic carbocycles. The fraction of sp³-hybridized carbons (Fsp3) is 0.0833. The highest BCUT2D eigenvalue weighted by atomic mass is 16.4. The van der Waals surface area contributed by atoms with Crippen molar-refractivity contribution in [3.05, 3.63) is 84.2 Å². The molecule has 4 rings (SSSR count). The van der Waals surface area contributed by atoms with Gasteiger partial charge in [0.15, 0.2) is 0 Å². The predicted octanol–water partition coefficient (Wildman–Crippen LogP) is 1.60. The van der Waals surface area contributed by atoms with E-state index in [0.717, 1.165) is 10.8 Å². The van der Waals surface area contributed by atoms with Crippen molar-refractivity contribution in [3.8, 4) is 0 Å². The standard InChI is InChI=1S/C24H19N5O5/c25-20(30)13-24(23(33)34,28-21(31)18-11-9-14-5-1-3-7-16(14)26-18)29-22(32)19-12-10-15-6-2-4-8-17(15)27-19/h1-12H,13H2,(H2,25,30)(H,28,31)(H,29,32)(H,33,34). The average molecular weight is 457 g/mol. The zero-order valence-electron chi connectivity index (χ0n) is 17.7. The Morgan fingerprint density at radius 1 is 0.735 bits per heavy atom. The number of amides is 3. The molecule has 2 heterocycles. The first-order valence-corrected chi connectivity index (χ1v) is 10.2. The minimum absolute atomic E-state index is 0.105. The Balaban J connectivity index is 1.66. The second kappa shape index (κ2) is 8.94. The molecule has 0 fully saturated rings. The van der Waals surface area contributed by atoms with Gasteiger partial charge >= 0.3 is 5.97 Å². The lowest BCUT2D eigenvalue weighted by Gasteiger charge is -2.30. The number of hydrogen-bond acceptors (Lipinski definition) is 6. The third-order valence-electron chi connectivity index (χ3n) is 5.12. The van der Waals surface area contributed by atoms with Gasteiger partial charge in [-0.15, -0.1) is 0 Å². The second-order valence-electron chi connectivity index (χ2n) is 7.54. The minimum atomic E-state index is -2.53. The van der Waals surface area contributed by atoms with Crippen LogP contribution in [-0.4, -0.2) is 44.4 Å². The molecule has 0 radical (unpaired) electrons. The molecule has 0 atom stereocenters. The Bertz CT molecular complexity index is 1360. The van der Waals surface area contributed by atoms with Crippen LogP contribution in [0.25, 0.3) is 21.8 Å². The third kappa shape index (κ3) is 4.51. The van der Waals surface area contributed by atoms with Crippen molar-refractivity contribution in [1.82, 2.24) is 20.6 Å². The SMILES string of the molecule is NC(=O)CC(NC(=O)c1ccc2ccccc2n1)(NC(=O)c1ccc2ccccc2n1)C(=O)O. The zero-order chi connectivity index (χ0) is 24.3. The molecule has 0 saturated carbocycles. The monoisotopic (exact) mass is 457 g/mol. The van der Waals surface area contributed by atoms with Crippen molar-refractivity contribution >= 4 is 45.5 Å². The summed E-state index contributed by atoms with van der Waals surface area (Å²) in [6.45, 7) is 0. The van der Waals surface area contributed by atoms with E-state index in [2.05, 4.69) is 20.6 Å². The van der Waals surface area contributed by atoms with Crippen molar-refractivity contribution in [2.75, 3.05) is 0 Å². The first-order chi connectivity index (χ1) is 16.3. The van der Waals surface area contributed by atoms with E-state index in [1.165, 1.54) is 12.1 Å². The van der Waals surface area contributed by atoms with Crippen molar-refractivity contribution < 1.29 is 24.3 Å². The van der Waals surface area contributed by atoms with E-state index < -0.39 is 35.8 Å². The predicted molar refractivity (Wildman–Crippen MR) is 123 cm³/mol. The van der Waals surface area contributed by atoms with Crippen molar-refractivity contribution in [2.45, 2.75) is 12.1 Å². The molecule has 0 bridgehead atoms. The Labute approximate surface area is 192 Å². The van der Waals surface area contributed by atoms with Crippen molar-refractivity contribution in [3.63, 3.8) is 0 Å². The fourth-order valence-corrected chi connectivity index (χ4v) is 3.46. The van der Waals surface area contributed by atoms with Crippen LogP contribution in [0.15, 0.2) is 72.8 Å². The van der Waals surface area contributed by atoms with Gasteiger partial charge in [-0.2, -0.15) is 0 Å². The Morgan fingerprint density at radius 2 is 1.18 bits per heavy atom. The van der Waals surface area contributed by atoms with Gasteiger partial charge in [0, 0.05) is 10.8 Å². The van der Waals surface area contributed by atoms with Gasteiger partial charge in [-0.1, -0.05) is 48.5 Å². The number of pyridine rings is 2. The Morgan fingerprint density at radius 3 is 1.59 bits per heavy atom. The molecule has 0 unspecified atom stereocenters. The molecule has 10 nitrogen and oxygen atoms in total. The molecule has 0 aliphatic carbocycles. The number of fused-ring (bicyclic) bond motifs is 2. The molecule has 2 aromatic heterocycles. The number of carboxylic acid groups (broad SMARTS) is 1. The smallest absolute Gasteiger partial charge is 0.351 e.